The second-order valence-corrected chi connectivity index (χ2v) is 7.58. The first-order chi connectivity index (χ1) is 12.6. The van der Waals surface area contributed by atoms with Gasteiger partial charge in [0.1, 0.15) is 0 Å². The van der Waals surface area contributed by atoms with Gasteiger partial charge in [-0.2, -0.15) is 0 Å². The Bertz CT molecular complexity index is 635. The molecular formula is C22H30N2O2. The molecule has 2 heterocycles. The van der Waals surface area contributed by atoms with E-state index < -0.39 is 0 Å². The third kappa shape index (κ3) is 4.96. The van der Waals surface area contributed by atoms with E-state index >= 15 is 0 Å². The minimum absolute atomic E-state index is 0.0475. The molecular weight excluding hydrogens is 324 g/mol. The Labute approximate surface area is 156 Å². The average Bonchev–Trinajstić information content (AvgIpc) is 2.96. The van der Waals surface area contributed by atoms with Crippen molar-refractivity contribution in [2.75, 3.05) is 26.2 Å². The number of benzene rings is 1. The van der Waals surface area contributed by atoms with Gasteiger partial charge in [-0.3, -0.25) is 9.59 Å². The van der Waals surface area contributed by atoms with Gasteiger partial charge in [0, 0.05) is 38.2 Å². The molecule has 4 nitrogen and oxygen atoms in total. The van der Waals surface area contributed by atoms with Crippen LogP contribution in [0.1, 0.15) is 49.7 Å². The lowest BCUT2D eigenvalue weighted by atomic mass is 9.95. The molecule has 0 spiro atoms. The van der Waals surface area contributed by atoms with Crippen LogP contribution in [0.25, 0.3) is 6.08 Å². The summed E-state index contributed by atoms with van der Waals surface area (Å²) in [5.41, 5.74) is 2.25. The molecule has 0 radical (unpaired) electrons. The molecule has 1 aromatic rings. The minimum atomic E-state index is 0.0475. The molecule has 2 aliphatic heterocycles. The van der Waals surface area contributed by atoms with Gasteiger partial charge in [0.15, 0.2) is 0 Å². The first-order valence-corrected chi connectivity index (χ1v) is 9.96. The van der Waals surface area contributed by atoms with Crippen molar-refractivity contribution in [3.63, 3.8) is 0 Å². The first kappa shape index (κ1) is 18.7. The maximum Gasteiger partial charge on any atom is 0.246 e. The molecule has 1 aromatic carbocycles. The summed E-state index contributed by atoms with van der Waals surface area (Å²) in [4.78, 5) is 29.1. The summed E-state index contributed by atoms with van der Waals surface area (Å²) in [6, 6.07) is 8.13. The summed E-state index contributed by atoms with van der Waals surface area (Å²) in [7, 11) is 0. The van der Waals surface area contributed by atoms with Crippen molar-refractivity contribution in [3.05, 3.63) is 41.5 Å². The number of piperidine rings is 1. The fraction of sp³-hybridized carbons (Fsp3) is 0.545. The van der Waals surface area contributed by atoms with Gasteiger partial charge in [-0.15, -0.1) is 0 Å². The highest BCUT2D eigenvalue weighted by Crippen LogP contribution is 2.22. The van der Waals surface area contributed by atoms with E-state index in [1.54, 1.807) is 6.08 Å². The molecule has 2 saturated heterocycles. The first-order valence-electron chi connectivity index (χ1n) is 9.96. The van der Waals surface area contributed by atoms with Crippen LogP contribution in [0, 0.1) is 12.8 Å². The number of nitrogens with zero attached hydrogens (tertiary/aromatic N) is 2. The Morgan fingerprint density at radius 2 is 1.50 bits per heavy atom. The molecule has 0 aromatic heterocycles. The quantitative estimate of drug-likeness (QED) is 0.778. The Morgan fingerprint density at radius 3 is 2.12 bits per heavy atom. The zero-order chi connectivity index (χ0) is 18.4. The lowest BCUT2D eigenvalue weighted by Gasteiger charge is -2.33. The van der Waals surface area contributed by atoms with Gasteiger partial charge in [-0.25, -0.2) is 0 Å². The summed E-state index contributed by atoms with van der Waals surface area (Å²) in [5, 5.41) is 0. The highest BCUT2D eigenvalue weighted by atomic mass is 16.2. The standard InChI is InChI=1S/C22H30N2O2/c1-18-6-8-19(9-7-18)10-11-21(25)23-16-12-20(13-17-23)22(26)24-14-4-2-3-5-15-24/h6-11,20H,2-5,12-17H2,1H3/b11-10+. The molecule has 0 saturated carbocycles. The summed E-state index contributed by atoms with van der Waals surface area (Å²) < 4.78 is 0. The van der Waals surface area contributed by atoms with Crippen molar-refractivity contribution in [3.8, 4) is 0 Å². The van der Waals surface area contributed by atoms with E-state index in [0.717, 1.165) is 44.3 Å². The number of carbonyl (C=O) groups is 2. The highest BCUT2D eigenvalue weighted by molar-refractivity contribution is 5.92. The van der Waals surface area contributed by atoms with Gasteiger partial charge in [0.2, 0.25) is 11.8 Å². The van der Waals surface area contributed by atoms with Crippen molar-refractivity contribution in [1.82, 2.24) is 9.80 Å². The maximum atomic E-state index is 12.7. The summed E-state index contributed by atoms with van der Waals surface area (Å²) in [6.45, 7) is 5.24. The second kappa shape index (κ2) is 9.02. The minimum Gasteiger partial charge on any atom is -0.342 e. The van der Waals surface area contributed by atoms with E-state index in [1.807, 2.05) is 35.2 Å². The van der Waals surface area contributed by atoms with Crippen LogP contribution >= 0.6 is 0 Å². The second-order valence-electron chi connectivity index (χ2n) is 7.58. The average molecular weight is 354 g/mol. The molecule has 0 atom stereocenters. The summed E-state index contributed by atoms with van der Waals surface area (Å²) in [6.07, 6.45) is 9.85. The Kier molecular flexibility index (Phi) is 6.48. The molecule has 3 rings (SSSR count). The van der Waals surface area contributed by atoms with Gasteiger partial charge in [-0.1, -0.05) is 42.7 Å². The van der Waals surface area contributed by atoms with Crippen LogP contribution in [-0.4, -0.2) is 47.8 Å². The summed E-state index contributed by atoms with van der Waals surface area (Å²) in [5.74, 6) is 0.457. The molecule has 0 bridgehead atoms. The Balaban J connectivity index is 1.48. The van der Waals surface area contributed by atoms with Gasteiger partial charge in [0.05, 0.1) is 0 Å². The number of amides is 2. The highest BCUT2D eigenvalue weighted by Gasteiger charge is 2.29. The van der Waals surface area contributed by atoms with Crippen LogP contribution in [-0.2, 0) is 9.59 Å². The lowest BCUT2D eigenvalue weighted by molar-refractivity contribution is -0.139. The van der Waals surface area contributed by atoms with E-state index in [4.69, 9.17) is 0 Å². The van der Waals surface area contributed by atoms with E-state index in [2.05, 4.69) is 11.8 Å². The number of carbonyl (C=O) groups excluding carboxylic acids is 2. The number of aryl methyl sites for hydroxylation is 1. The molecule has 0 N–H and O–H groups in total. The van der Waals surface area contributed by atoms with Crippen LogP contribution < -0.4 is 0 Å². The van der Waals surface area contributed by atoms with Gasteiger partial charge >= 0.3 is 0 Å². The molecule has 0 aliphatic carbocycles. The third-order valence-electron chi connectivity index (χ3n) is 5.57. The van der Waals surface area contributed by atoms with Crippen molar-refractivity contribution in [2.24, 2.45) is 5.92 Å². The molecule has 2 amide bonds. The zero-order valence-corrected chi connectivity index (χ0v) is 15.8. The monoisotopic (exact) mass is 354 g/mol. The van der Waals surface area contributed by atoms with E-state index in [1.165, 1.54) is 18.4 Å². The molecule has 0 unspecified atom stereocenters. The van der Waals surface area contributed by atoms with Crippen LogP contribution in [0.3, 0.4) is 0 Å². The summed E-state index contributed by atoms with van der Waals surface area (Å²) >= 11 is 0. The van der Waals surface area contributed by atoms with E-state index in [9.17, 15) is 9.59 Å². The predicted molar refractivity (Wildman–Crippen MR) is 105 cm³/mol. The fourth-order valence-corrected chi connectivity index (χ4v) is 3.85. The van der Waals surface area contributed by atoms with Crippen LogP contribution in [0.15, 0.2) is 30.3 Å². The molecule has 26 heavy (non-hydrogen) atoms. The van der Waals surface area contributed by atoms with E-state index in [0.29, 0.717) is 19.0 Å². The molecule has 2 fully saturated rings. The Hall–Kier alpha value is -2.10. The van der Waals surface area contributed by atoms with Crippen molar-refractivity contribution in [2.45, 2.75) is 45.4 Å². The molecule has 2 aliphatic rings. The fourth-order valence-electron chi connectivity index (χ4n) is 3.85. The SMILES string of the molecule is Cc1ccc(/C=C/C(=O)N2CCC(C(=O)N3CCCCCC3)CC2)cc1. The maximum absolute atomic E-state index is 12.7. The van der Waals surface area contributed by atoms with Crippen LogP contribution in [0.2, 0.25) is 0 Å². The predicted octanol–water partition coefficient (Wildman–Crippen LogP) is 3.65. The van der Waals surface area contributed by atoms with Gasteiger partial charge < -0.3 is 9.80 Å². The zero-order valence-electron chi connectivity index (χ0n) is 15.8. The number of rotatable bonds is 3. The largest absolute Gasteiger partial charge is 0.342 e. The molecule has 4 heteroatoms. The van der Waals surface area contributed by atoms with Crippen LogP contribution in [0.4, 0.5) is 0 Å². The van der Waals surface area contributed by atoms with Gasteiger partial charge in [0.25, 0.3) is 0 Å². The number of hydrogen-bond donors (Lipinski definition) is 0. The van der Waals surface area contributed by atoms with E-state index in [-0.39, 0.29) is 11.8 Å². The van der Waals surface area contributed by atoms with Crippen molar-refractivity contribution >= 4 is 17.9 Å². The third-order valence-corrected chi connectivity index (χ3v) is 5.57. The van der Waals surface area contributed by atoms with Crippen LogP contribution in [0.5, 0.6) is 0 Å². The topological polar surface area (TPSA) is 40.6 Å². The Morgan fingerprint density at radius 1 is 0.885 bits per heavy atom. The normalized spacial score (nSPS) is 19.6. The van der Waals surface area contributed by atoms with Crippen molar-refractivity contribution < 1.29 is 9.59 Å². The number of likely N-dealkylation sites (tertiary alicyclic amines) is 2. The van der Waals surface area contributed by atoms with Crippen molar-refractivity contribution in [1.29, 1.82) is 0 Å². The lowest BCUT2D eigenvalue weighted by Crippen LogP contribution is -2.44. The smallest absolute Gasteiger partial charge is 0.246 e. The molecule has 140 valence electrons. The van der Waals surface area contributed by atoms with Gasteiger partial charge in [-0.05, 0) is 44.2 Å². The number of hydrogen-bond acceptors (Lipinski definition) is 2.